The van der Waals surface area contributed by atoms with Gasteiger partial charge in [0.1, 0.15) is 0 Å². The molecule has 1 heteroatoms. The van der Waals surface area contributed by atoms with E-state index in [-0.39, 0.29) is 0 Å². The van der Waals surface area contributed by atoms with Gasteiger partial charge in [-0.25, -0.2) is 0 Å². The van der Waals surface area contributed by atoms with E-state index in [4.69, 9.17) is 0 Å². The quantitative estimate of drug-likeness (QED) is 0.793. The molecule has 2 atom stereocenters. The standard InChI is InChI=1S/C21H19N/c1-3-9-17(10-4-1)16-22-20-14-8-7-13-19(20)15-21(22)18-11-5-2-6-12-18/h1-15,19-20H,16H2. The molecule has 4 rings (SSSR count). The molecule has 0 radical (unpaired) electrons. The molecule has 22 heavy (non-hydrogen) atoms. The zero-order chi connectivity index (χ0) is 14.8. The maximum absolute atomic E-state index is 2.52. The number of fused-ring (bicyclic) bond motifs is 1. The van der Waals surface area contributed by atoms with Crippen LogP contribution in [0.3, 0.4) is 0 Å². The summed E-state index contributed by atoms with van der Waals surface area (Å²) in [6.45, 7) is 0.945. The number of hydrogen-bond donors (Lipinski definition) is 0. The van der Waals surface area contributed by atoms with Gasteiger partial charge in [-0.05, 0) is 11.1 Å². The predicted molar refractivity (Wildman–Crippen MR) is 92.0 cm³/mol. The molecule has 0 saturated heterocycles. The van der Waals surface area contributed by atoms with Crippen LogP contribution >= 0.6 is 0 Å². The van der Waals surface area contributed by atoms with Crippen molar-refractivity contribution in [2.75, 3.05) is 0 Å². The fourth-order valence-corrected chi connectivity index (χ4v) is 3.36. The maximum atomic E-state index is 2.52. The summed E-state index contributed by atoms with van der Waals surface area (Å²) in [5.41, 5.74) is 4.00. The Kier molecular flexibility index (Phi) is 3.40. The summed E-state index contributed by atoms with van der Waals surface area (Å²) in [6.07, 6.45) is 11.4. The predicted octanol–water partition coefficient (Wildman–Crippen LogP) is 4.65. The average Bonchev–Trinajstić information content (AvgIpc) is 2.95. The summed E-state index contributed by atoms with van der Waals surface area (Å²) in [5, 5.41) is 0. The van der Waals surface area contributed by atoms with Gasteiger partial charge in [0.2, 0.25) is 0 Å². The van der Waals surface area contributed by atoms with Gasteiger partial charge < -0.3 is 4.90 Å². The zero-order valence-corrected chi connectivity index (χ0v) is 12.5. The van der Waals surface area contributed by atoms with Crippen LogP contribution < -0.4 is 0 Å². The van der Waals surface area contributed by atoms with Crippen molar-refractivity contribution >= 4 is 5.70 Å². The highest BCUT2D eigenvalue weighted by Gasteiger charge is 2.32. The molecular formula is C21H19N. The van der Waals surface area contributed by atoms with Crippen molar-refractivity contribution in [2.45, 2.75) is 12.6 Å². The molecule has 1 aliphatic carbocycles. The molecular weight excluding hydrogens is 266 g/mol. The molecule has 2 aromatic carbocycles. The van der Waals surface area contributed by atoms with Crippen LogP contribution in [-0.2, 0) is 6.54 Å². The van der Waals surface area contributed by atoms with E-state index in [0.717, 1.165) is 6.54 Å². The van der Waals surface area contributed by atoms with Crippen LogP contribution in [0.5, 0.6) is 0 Å². The van der Waals surface area contributed by atoms with Gasteiger partial charge in [-0.3, -0.25) is 0 Å². The van der Waals surface area contributed by atoms with Crippen LogP contribution in [0, 0.1) is 5.92 Å². The second kappa shape index (κ2) is 5.69. The summed E-state index contributed by atoms with van der Waals surface area (Å²) in [6, 6.07) is 21.9. The smallest absolute Gasteiger partial charge is 0.0578 e. The van der Waals surface area contributed by atoms with E-state index in [0.29, 0.717) is 12.0 Å². The first-order valence-corrected chi connectivity index (χ1v) is 7.84. The fourth-order valence-electron chi connectivity index (χ4n) is 3.36. The third-order valence-corrected chi connectivity index (χ3v) is 4.43. The van der Waals surface area contributed by atoms with Gasteiger partial charge in [0.25, 0.3) is 0 Å². The largest absolute Gasteiger partial charge is 0.360 e. The van der Waals surface area contributed by atoms with Gasteiger partial charge in [0.05, 0.1) is 6.04 Å². The van der Waals surface area contributed by atoms with Crippen molar-refractivity contribution in [3.05, 3.63) is 102 Å². The van der Waals surface area contributed by atoms with E-state index in [1.54, 1.807) is 0 Å². The van der Waals surface area contributed by atoms with Gasteiger partial charge in [-0.15, -0.1) is 0 Å². The number of nitrogens with zero attached hydrogens (tertiary/aromatic N) is 1. The van der Waals surface area contributed by atoms with E-state index in [2.05, 4.69) is 95.9 Å². The van der Waals surface area contributed by atoms with Gasteiger partial charge in [0.15, 0.2) is 0 Å². The lowest BCUT2D eigenvalue weighted by Crippen LogP contribution is -2.31. The van der Waals surface area contributed by atoms with Crippen LogP contribution in [0.2, 0.25) is 0 Å². The number of rotatable bonds is 3. The van der Waals surface area contributed by atoms with Crippen LogP contribution in [0.1, 0.15) is 11.1 Å². The Morgan fingerprint density at radius 2 is 1.45 bits per heavy atom. The third-order valence-electron chi connectivity index (χ3n) is 4.43. The molecule has 0 N–H and O–H groups in total. The minimum absolute atomic E-state index is 0.431. The summed E-state index contributed by atoms with van der Waals surface area (Å²) in [4.78, 5) is 2.52. The Balaban J connectivity index is 1.71. The van der Waals surface area contributed by atoms with Crippen molar-refractivity contribution in [1.82, 2.24) is 4.90 Å². The number of benzene rings is 2. The molecule has 0 bridgehead atoms. The van der Waals surface area contributed by atoms with E-state index in [1.165, 1.54) is 16.8 Å². The van der Waals surface area contributed by atoms with Gasteiger partial charge in [-0.2, -0.15) is 0 Å². The van der Waals surface area contributed by atoms with E-state index >= 15 is 0 Å². The van der Waals surface area contributed by atoms with E-state index in [9.17, 15) is 0 Å². The number of hydrogen-bond acceptors (Lipinski definition) is 1. The highest BCUT2D eigenvalue weighted by atomic mass is 15.2. The van der Waals surface area contributed by atoms with Gasteiger partial charge in [0, 0.05) is 18.2 Å². The maximum Gasteiger partial charge on any atom is 0.0578 e. The molecule has 0 fully saturated rings. The van der Waals surface area contributed by atoms with Crippen molar-refractivity contribution in [3.8, 4) is 0 Å². The molecule has 0 aromatic heterocycles. The zero-order valence-electron chi connectivity index (χ0n) is 12.5. The molecule has 0 saturated carbocycles. The lowest BCUT2D eigenvalue weighted by molar-refractivity contribution is 0.326. The Morgan fingerprint density at radius 3 is 2.23 bits per heavy atom. The van der Waals surface area contributed by atoms with Crippen LogP contribution in [0.25, 0.3) is 5.70 Å². The molecule has 1 aliphatic heterocycles. The summed E-state index contributed by atoms with van der Waals surface area (Å²) < 4.78 is 0. The molecule has 1 nitrogen and oxygen atoms in total. The summed E-state index contributed by atoms with van der Waals surface area (Å²) in [7, 11) is 0. The minimum Gasteiger partial charge on any atom is -0.360 e. The monoisotopic (exact) mass is 285 g/mol. The summed E-state index contributed by atoms with van der Waals surface area (Å²) in [5.74, 6) is 0.476. The molecule has 108 valence electrons. The molecule has 2 aromatic rings. The Hall–Kier alpha value is -2.54. The normalized spacial score (nSPS) is 22.5. The van der Waals surface area contributed by atoms with Crippen molar-refractivity contribution in [3.63, 3.8) is 0 Å². The van der Waals surface area contributed by atoms with Gasteiger partial charge >= 0.3 is 0 Å². The SMILES string of the molecule is C1=CC2C=C(c3ccccc3)N(Cc3ccccc3)C2C=C1. The number of allylic oxidation sites excluding steroid dienone is 2. The first kappa shape index (κ1) is 13.1. The highest BCUT2D eigenvalue weighted by Crippen LogP contribution is 2.37. The van der Waals surface area contributed by atoms with Crippen molar-refractivity contribution in [2.24, 2.45) is 5.92 Å². The summed E-state index contributed by atoms with van der Waals surface area (Å²) >= 11 is 0. The molecule has 2 aliphatic rings. The Morgan fingerprint density at radius 1 is 0.773 bits per heavy atom. The topological polar surface area (TPSA) is 3.24 Å². The van der Waals surface area contributed by atoms with Crippen LogP contribution in [0.15, 0.2) is 91.0 Å². The second-order valence-corrected chi connectivity index (χ2v) is 5.87. The molecule has 0 amide bonds. The highest BCUT2D eigenvalue weighted by molar-refractivity contribution is 5.68. The molecule has 1 heterocycles. The van der Waals surface area contributed by atoms with Gasteiger partial charge in [-0.1, -0.05) is 91.0 Å². The first-order valence-electron chi connectivity index (χ1n) is 7.84. The average molecular weight is 285 g/mol. The van der Waals surface area contributed by atoms with E-state index < -0.39 is 0 Å². The molecule has 2 unspecified atom stereocenters. The van der Waals surface area contributed by atoms with Crippen LogP contribution in [0.4, 0.5) is 0 Å². The molecule has 0 spiro atoms. The van der Waals surface area contributed by atoms with Crippen molar-refractivity contribution < 1.29 is 0 Å². The van der Waals surface area contributed by atoms with E-state index in [1.807, 2.05) is 0 Å². The lowest BCUT2D eigenvalue weighted by Gasteiger charge is -2.31. The first-order chi connectivity index (χ1) is 10.9. The Bertz CT molecular complexity index is 725. The Labute approximate surface area is 131 Å². The van der Waals surface area contributed by atoms with Crippen LogP contribution in [-0.4, -0.2) is 10.9 Å². The lowest BCUT2D eigenvalue weighted by atomic mass is 9.97. The second-order valence-electron chi connectivity index (χ2n) is 5.87. The third kappa shape index (κ3) is 2.39. The minimum atomic E-state index is 0.431. The fraction of sp³-hybridized carbons (Fsp3) is 0.143. The van der Waals surface area contributed by atoms with Crippen molar-refractivity contribution in [1.29, 1.82) is 0 Å².